The summed E-state index contributed by atoms with van der Waals surface area (Å²) in [5.74, 6) is 0.398. The molecule has 1 N–H and O–H groups in total. The van der Waals surface area contributed by atoms with Crippen LogP contribution in [0.1, 0.15) is 35.1 Å². The van der Waals surface area contributed by atoms with Crippen molar-refractivity contribution in [3.8, 4) is 0 Å². The van der Waals surface area contributed by atoms with E-state index in [0.717, 1.165) is 33.8 Å². The van der Waals surface area contributed by atoms with E-state index in [1.165, 1.54) is 5.56 Å². The highest BCUT2D eigenvalue weighted by Gasteiger charge is 2.37. The highest BCUT2D eigenvalue weighted by atomic mass is 35.5. The highest BCUT2D eigenvalue weighted by molar-refractivity contribution is 8.00. The van der Waals surface area contributed by atoms with Gasteiger partial charge in [0.05, 0.1) is 10.9 Å². The summed E-state index contributed by atoms with van der Waals surface area (Å²) in [5.41, 5.74) is 5.16. The molecule has 3 aromatic rings. The molecule has 0 amide bonds. The zero-order chi connectivity index (χ0) is 19.8. The van der Waals surface area contributed by atoms with E-state index in [4.69, 9.17) is 11.6 Å². The molecule has 1 aliphatic carbocycles. The third-order valence-electron chi connectivity index (χ3n) is 5.65. The van der Waals surface area contributed by atoms with Gasteiger partial charge in [0, 0.05) is 27.6 Å². The molecule has 2 unspecified atom stereocenters. The fourth-order valence-electron chi connectivity index (χ4n) is 4.24. The molecule has 1 heterocycles. The zero-order valence-corrected chi connectivity index (χ0v) is 17.3. The number of Topliss-reactive ketones (excluding diaryl/α,β-unsaturated/α-hetero) is 1. The highest BCUT2D eigenvalue weighted by Crippen LogP contribution is 2.52. The number of allylic oxidation sites excluding steroid dienone is 1. The van der Waals surface area contributed by atoms with Crippen LogP contribution in [0.5, 0.6) is 0 Å². The predicted octanol–water partition coefficient (Wildman–Crippen LogP) is 7.00. The Bertz CT molecular complexity index is 1110. The molecule has 144 valence electrons. The van der Waals surface area contributed by atoms with Crippen molar-refractivity contribution in [2.75, 3.05) is 5.32 Å². The van der Waals surface area contributed by atoms with Gasteiger partial charge in [-0.05, 0) is 41.7 Å². The second-order valence-corrected chi connectivity index (χ2v) is 9.03. The number of anilines is 1. The van der Waals surface area contributed by atoms with E-state index < -0.39 is 0 Å². The maximum Gasteiger partial charge on any atom is 0.162 e. The lowest BCUT2D eigenvalue weighted by Crippen LogP contribution is -2.24. The summed E-state index contributed by atoms with van der Waals surface area (Å²) in [6.45, 7) is 0. The number of ketones is 1. The molecule has 4 heteroatoms. The van der Waals surface area contributed by atoms with Crippen LogP contribution in [0.3, 0.4) is 0 Å². The standard InChI is InChI=1S/C25H20ClNOS/c26-19-11-5-4-10-18(19)25-24-21(27-20-12-6-7-13-23(20)29-25)14-17(15-22(24)28)16-8-2-1-3-9-16/h1-13,17,25,27H,14-15H2. The SMILES string of the molecule is O=C1CC(c2ccccc2)CC2=C1C(c1ccccc1Cl)Sc1ccccc1N2. The molecule has 0 saturated heterocycles. The first kappa shape index (κ1) is 18.5. The Kier molecular flexibility index (Phi) is 4.94. The van der Waals surface area contributed by atoms with Crippen LogP contribution in [-0.2, 0) is 4.79 Å². The maximum atomic E-state index is 13.5. The number of fused-ring (bicyclic) bond motifs is 1. The topological polar surface area (TPSA) is 29.1 Å². The van der Waals surface area contributed by atoms with E-state index in [2.05, 4.69) is 29.6 Å². The lowest BCUT2D eigenvalue weighted by Gasteiger charge is -2.29. The van der Waals surface area contributed by atoms with Gasteiger partial charge in [-0.25, -0.2) is 0 Å². The number of carbonyl (C=O) groups is 1. The molecule has 5 rings (SSSR count). The molecule has 0 aromatic heterocycles. The average molecular weight is 418 g/mol. The summed E-state index contributed by atoms with van der Waals surface area (Å²) in [6, 6.07) is 26.5. The molecule has 0 spiro atoms. The van der Waals surface area contributed by atoms with E-state index in [1.54, 1.807) is 11.8 Å². The van der Waals surface area contributed by atoms with Gasteiger partial charge in [0.15, 0.2) is 5.78 Å². The van der Waals surface area contributed by atoms with Crippen molar-refractivity contribution >= 4 is 34.8 Å². The number of carbonyl (C=O) groups excluding carboxylic acids is 1. The molecule has 0 radical (unpaired) electrons. The summed E-state index contributed by atoms with van der Waals surface area (Å²) < 4.78 is 0. The summed E-state index contributed by atoms with van der Waals surface area (Å²) >= 11 is 8.28. The summed E-state index contributed by atoms with van der Waals surface area (Å²) in [7, 11) is 0. The van der Waals surface area contributed by atoms with Crippen molar-refractivity contribution in [2.24, 2.45) is 0 Å². The van der Waals surface area contributed by atoms with Crippen LogP contribution in [-0.4, -0.2) is 5.78 Å². The molecule has 1 aliphatic heterocycles. The number of para-hydroxylation sites is 1. The number of halogens is 1. The van der Waals surface area contributed by atoms with Crippen molar-refractivity contribution in [2.45, 2.75) is 28.9 Å². The fraction of sp³-hybridized carbons (Fsp3) is 0.160. The maximum absolute atomic E-state index is 13.5. The second-order valence-electron chi connectivity index (χ2n) is 7.47. The first-order valence-electron chi connectivity index (χ1n) is 9.79. The van der Waals surface area contributed by atoms with E-state index >= 15 is 0 Å². The summed E-state index contributed by atoms with van der Waals surface area (Å²) in [6.07, 6.45) is 1.35. The van der Waals surface area contributed by atoms with Crippen LogP contribution in [0.25, 0.3) is 0 Å². The van der Waals surface area contributed by atoms with Gasteiger partial charge in [0.25, 0.3) is 0 Å². The average Bonchev–Trinajstić information content (AvgIpc) is 2.91. The van der Waals surface area contributed by atoms with Gasteiger partial charge >= 0.3 is 0 Å². The monoisotopic (exact) mass is 417 g/mol. The van der Waals surface area contributed by atoms with Crippen molar-refractivity contribution in [3.05, 3.63) is 106 Å². The van der Waals surface area contributed by atoms with Gasteiger partial charge < -0.3 is 5.32 Å². The molecular formula is C25H20ClNOS. The Morgan fingerprint density at radius 1 is 0.862 bits per heavy atom. The summed E-state index contributed by atoms with van der Waals surface area (Å²) in [4.78, 5) is 14.6. The smallest absolute Gasteiger partial charge is 0.162 e. The number of hydrogen-bond acceptors (Lipinski definition) is 3. The number of hydrogen-bond donors (Lipinski definition) is 1. The predicted molar refractivity (Wildman–Crippen MR) is 121 cm³/mol. The Labute approximate surface area is 180 Å². The van der Waals surface area contributed by atoms with Gasteiger partial charge in [-0.15, -0.1) is 11.8 Å². The molecule has 3 aromatic carbocycles. The number of benzene rings is 3. The first-order valence-corrected chi connectivity index (χ1v) is 11.0. The van der Waals surface area contributed by atoms with Gasteiger partial charge in [0.1, 0.15) is 0 Å². The van der Waals surface area contributed by atoms with Crippen LogP contribution in [0.2, 0.25) is 5.02 Å². The number of nitrogens with one attached hydrogen (secondary N) is 1. The number of rotatable bonds is 2. The largest absolute Gasteiger partial charge is 0.358 e. The van der Waals surface area contributed by atoms with E-state index in [-0.39, 0.29) is 17.0 Å². The van der Waals surface area contributed by atoms with Crippen LogP contribution < -0.4 is 5.32 Å². The Morgan fingerprint density at radius 2 is 1.59 bits per heavy atom. The molecule has 0 saturated carbocycles. The molecular weight excluding hydrogens is 398 g/mol. The van der Waals surface area contributed by atoms with Crippen molar-refractivity contribution in [1.82, 2.24) is 0 Å². The molecule has 29 heavy (non-hydrogen) atoms. The normalized spacial score (nSPS) is 21.1. The lowest BCUT2D eigenvalue weighted by atomic mass is 9.80. The minimum Gasteiger partial charge on any atom is -0.358 e. The van der Waals surface area contributed by atoms with E-state index in [9.17, 15) is 4.79 Å². The van der Waals surface area contributed by atoms with E-state index in [0.29, 0.717) is 11.4 Å². The number of thioether (sulfide) groups is 1. The third-order valence-corrected chi connectivity index (χ3v) is 7.33. The molecule has 2 nitrogen and oxygen atoms in total. The minimum absolute atomic E-state index is 0.112. The van der Waals surface area contributed by atoms with Gasteiger partial charge in [0.2, 0.25) is 0 Å². The Morgan fingerprint density at radius 3 is 2.41 bits per heavy atom. The molecule has 2 atom stereocenters. The van der Waals surface area contributed by atoms with Gasteiger partial charge in [-0.1, -0.05) is 72.3 Å². The van der Waals surface area contributed by atoms with Gasteiger partial charge in [-0.2, -0.15) is 0 Å². The van der Waals surface area contributed by atoms with Crippen LogP contribution in [0.4, 0.5) is 5.69 Å². The van der Waals surface area contributed by atoms with Crippen molar-refractivity contribution in [3.63, 3.8) is 0 Å². The van der Waals surface area contributed by atoms with Crippen molar-refractivity contribution in [1.29, 1.82) is 0 Å². The third kappa shape index (κ3) is 3.50. The second kappa shape index (κ2) is 7.74. The van der Waals surface area contributed by atoms with Crippen molar-refractivity contribution < 1.29 is 4.79 Å². The minimum atomic E-state index is -0.112. The Hall–Kier alpha value is -2.49. The lowest BCUT2D eigenvalue weighted by molar-refractivity contribution is -0.116. The van der Waals surface area contributed by atoms with Crippen LogP contribution in [0.15, 0.2) is 95.0 Å². The van der Waals surface area contributed by atoms with Crippen LogP contribution >= 0.6 is 23.4 Å². The quantitative estimate of drug-likeness (QED) is 0.486. The zero-order valence-electron chi connectivity index (χ0n) is 15.8. The molecule has 0 fully saturated rings. The molecule has 2 aliphatic rings. The summed E-state index contributed by atoms with van der Waals surface area (Å²) in [5, 5.41) is 4.20. The first-order chi connectivity index (χ1) is 14.2. The van der Waals surface area contributed by atoms with Gasteiger partial charge in [-0.3, -0.25) is 4.79 Å². The fourth-order valence-corrected chi connectivity index (χ4v) is 5.93. The van der Waals surface area contributed by atoms with E-state index in [1.807, 2.05) is 54.6 Å². The molecule has 0 bridgehead atoms. The van der Waals surface area contributed by atoms with Crippen LogP contribution in [0, 0.1) is 0 Å². The Balaban J connectivity index is 1.64.